The van der Waals surface area contributed by atoms with Crippen molar-refractivity contribution in [2.24, 2.45) is 0 Å². The molecule has 11 heavy (non-hydrogen) atoms. The van der Waals surface area contributed by atoms with Gasteiger partial charge in [-0.15, -0.1) is 0 Å². The summed E-state index contributed by atoms with van der Waals surface area (Å²) in [5.41, 5.74) is 0. The van der Waals surface area contributed by atoms with Gasteiger partial charge in [-0.2, -0.15) is 0 Å². The molecule has 1 atom stereocenters. The zero-order valence-corrected chi connectivity index (χ0v) is 9.43. The maximum Gasteiger partial charge on any atom is 0.214 e. The van der Waals surface area contributed by atoms with Crippen LogP contribution in [0.1, 0.15) is 12.8 Å². The summed E-state index contributed by atoms with van der Waals surface area (Å²) in [6.45, 7) is 0. The second kappa shape index (κ2) is 3.57. The van der Waals surface area contributed by atoms with Crippen molar-refractivity contribution < 1.29 is 8.42 Å². The Morgan fingerprint density at radius 3 is 2.73 bits per heavy atom. The van der Waals surface area contributed by atoms with E-state index in [1.54, 1.807) is 7.05 Å². The summed E-state index contributed by atoms with van der Waals surface area (Å²) in [4.78, 5) is 0. The van der Waals surface area contributed by atoms with Gasteiger partial charge in [-0.25, -0.2) is 12.7 Å². The average molecular weight is 289 g/mol. The maximum atomic E-state index is 11.3. The SMILES string of the molecule is CN1C(CI)CCCS1(=O)=O. The zero-order valence-electron chi connectivity index (χ0n) is 6.46. The predicted molar refractivity (Wildman–Crippen MR) is 53.5 cm³/mol. The van der Waals surface area contributed by atoms with Crippen molar-refractivity contribution in [3.63, 3.8) is 0 Å². The molecule has 1 heterocycles. The van der Waals surface area contributed by atoms with Crippen molar-refractivity contribution in [2.45, 2.75) is 18.9 Å². The Labute approximate surface area is 81.3 Å². The summed E-state index contributed by atoms with van der Waals surface area (Å²) in [6.07, 6.45) is 1.83. The molecule has 0 aromatic carbocycles. The van der Waals surface area contributed by atoms with E-state index in [4.69, 9.17) is 0 Å². The molecule has 0 bridgehead atoms. The highest BCUT2D eigenvalue weighted by molar-refractivity contribution is 14.1. The van der Waals surface area contributed by atoms with E-state index in [0.717, 1.165) is 17.3 Å². The van der Waals surface area contributed by atoms with Crippen molar-refractivity contribution in [1.82, 2.24) is 4.31 Å². The van der Waals surface area contributed by atoms with Crippen molar-refractivity contribution in [2.75, 3.05) is 17.2 Å². The molecule has 3 nitrogen and oxygen atoms in total. The van der Waals surface area contributed by atoms with Gasteiger partial charge in [0.1, 0.15) is 0 Å². The zero-order chi connectivity index (χ0) is 8.48. The molecule has 1 fully saturated rings. The highest BCUT2D eigenvalue weighted by atomic mass is 127. The summed E-state index contributed by atoms with van der Waals surface area (Å²) >= 11 is 2.23. The third-order valence-corrected chi connectivity index (χ3v) is 5.07. The van der Waals surface area contributed by atoms with E-state index in [-0.39, 0.29) is 6.04 Å². The molecule has 0 aromatic heterocycles. The lowest BCUT2D eigenvalue weighted by molar-refractivity contribution is 0.355. The first-order chi connectivity index (χ1) is 5.08. The lowest BCUT2D eigenvalue weighted by Gasteiger charge is -2.30. The van der Waals surface area contributed by atoms with E-state index in [1.807, 2.05) is 0 Å². The Bertz CT molecular complexity index is 227. The van der Waals surface area contributed by atoms with E-state index in [9.17, 15) is 8.42 Å². The van der Waals surface area contributed by atoms with Gasteiger partial charge in [0.05, 0.1) is 5.75 Å². The molecule has 1 aliphatic heterocycles. The monoisotopic (exact) mass is 289 g/mol. The molecule has 1 saturated heterocycles. The average Bonchev–Trinajstić information content (AvgIpc) is 1.95. The molecular weight excluding hydrogens is 277 g/mol. The minimum atomic E-state index is -2.89. The first kappa shape index (κ1) is 9.73. The van der Waals surface area contributed by atoms with Gasteiger partial charge in [0, 0.05) is 17.5 Å². The quantitative estimate of drug-likeness (QED) is 0.530. The first-order valence-electron chi connectivity index (χ1n) is 3.59. The standard InChI is InChI=1S/C6H12INO2S/c1-8-6(5-7)3-2-4-11(8,9)10/h6H,2-5H2,1H3. The number of sulfonamides is 1. The Hall–Kier alpha value is 0.640. The Kier molecular flexibility index (Phi) is 3.16. The molecule has 0 N–H and O–H groups in total. The molecule has 0 spiro atoms. The summed E-state index contributed by atoms with van der Waals surface area (Å²) < 4.78 is 25.0. The smallest absolute Gasteiger partial charge is 0.212 e. The van der Waals surface area contributed by atoms with Crippen LogP contribution in [0.15, 0.2) is 0 Å². The molecule has 66 valence electrons. The Balaban J connectivity index is 2.76. The van der Waals surface area contributed by atoms with Crippen LogP contribution in [0.2, 0.25) is 0 Å². The van der Waals surface area contributed by atoms with Crippen LogP contribution in [0.25, 0.3) is 0 Å². The van der Waals surface area contributed by atoms with E-state index in [1.165, 1.54) is 4.31 Å². The number of alkyl halides is 1. The second-order valence-corrected chi connectivity index (χ2v) is 5.81. The van der Waals surface area contributed by atoms with Crippen LogP contribution in [0.4, 0.5) is 0 Å². The third-order valence-electron chi connectivity index (χ3n) is 2.07. The van der Waals surface area contributed by atoms with Crippen LogP contribution in [0, 0.1) is 0 Å². The normalized spacial score (nSPS) is 32.0. The largest absolute Gasteiger partial charge is 0.214 e. The molecular formula is C6H12INO2S. The number of rotatable bonds is 1. The molecule has 0 aliphatic carbocycles. The van der Waals surface area contributed by atoms with Gasteiger partial charge in [-0.05, 0) is 12.8 Å². The van der Waals surface area contributed by atoms with E-state index in [0.29, 0.717) is 5.75 Å². The molecule has 5 heteroatoms. The summed E-state index contributed by atoms with van der Waals surface area (Å²) in [5, 5.41) is 0. The lowest BCUT2D eigenvalue weighted by atomic mass is 10.2. The van der Waals surface area contributed by atoms with Gasteiger partial charge >= 0.3 is 0 Å². The Morgan fingerprint density at radius 1 is 1.64 bits per heavy atom. The molecule has 0 saturated carbocycles. The van der Waals surface area contributed by atoms with Crippen molar-refractivity contribution in [3.8, 4) is 0 Å². The maximum absolute atomic E-state index is 11.3. The minimum Gasteiger partial charge on any atom is -0.212 e. The predicted octanol–water partition coefficient (Wildman–Crippen LogP) is 0.845. The van der Waals surface area contributed by atoms with Gasteiger partial charge in [0.15, 0.2) is 0 Å². The van der Waals surface area contributed by atoms with Gasteiger partial charge in [0.2, 0.25) is 10.0 Å². The number of hydrogen-bond donors (Lipinski definition) is 0. The molecule has 0 radical (unpaired) electrons. The third kappa shape index (κ3) is 2.06. The van der Waals surface area contributed by atoms with Crippen LogP contribution in [-0.4, -0.2) is 36.0 Å². The van der Waals surface area contributed by atoms with Crippen molar-refractivity contribution >= 4 is 32.6 Å². The van der Waals surface area contributed by atoms with Crippen LogP contribution in [0.3, 0.4) is 0 Å². The fourth-order valence-corrected chi connectivity index (χ4v) is 3.98. The molecule has 1 rings (SSSR count). The highest BCUT2D eigenvalue weighted by Gasteiger charge is 2.29. The molecule has 1 unspecified atom stereocenters. The van der Waals surface area contributed by atoms with Gasteiger partial charge in [-0.1, -0.05) is 22.6 Å². The lowest BCUT2D eigenvalue weighted by Crippen LogP contribution is -2.43. The van der Waals surface area contributed by atoms with Gasteiger partial charge in [0.25, 0.3) is 0 Å². The molecule has 1 aliphatic rings. The highest BCUT2D eigenvalue weighted by Crippen LogP contribution is 2.19. The van der Waals surface area contributed by atoms with Crippen LogP contribution in [-0.2, 0) is 10.0 Å². The second-order valence-electron chi connectivity index (χ2n) is 2.78. The Morgan fingerprint density at radius 2 is 2.27 bits per heavy atom. The van der Waals surface area contributed by atoms with Gasteiger partial charge < -0.3 is 0 Å². The van der Waals surface area contributed by atoms with Crippen molar-refractivity contribution in [3.05, 3.63) is 0 Å². The van der Waals surface area contributed by atoms with E-state index in [2.05, 4.69) is 22.6 Å². The molecule has 0 aromatic rings. The summed E-state index contributed by atoms with van der Waals surface area (Å²) in [7, 11) is -1.22. The first-order valence-corrected chi connectivity index (χ1v) is 6.73. The van der Waals surface area contributed by atoms with Crippen molar-refractivity contribution in [1.29, 1.82) is 0 Å². The summed E-state index contributed by atoms with van der Waals surface area (Å²) in [5.74, 6) is 0.330. The van der Waals surface area contributed by atoms with Crippen LogP contribution in [0.5, 0.6) is 0 Å². The number of halogens is 1. The number of nitrogens with zero attached hydrogens (tertiary/aromatic N) is 1. The summed E-state index contributed by atoms with van der Waals surface area (Å²) in [6, 6.07) is 0.231. The minimum absolute atomic E-state index is 0.231. The van der Waals surface area contributed by atoms with E-state index < -0.39 is 10.0 Å². The molecule has 0 amide bonds. The number of hydrogen-bond acceptors (Lipinski definition) is 2. The van der Waals surface area contributed by atoms with E-state index >= 15 is 0 Å². The van der Waals surface area contributed by atoms with Crippen LogP contribution < -0.4 is 0 Å². The fraction of sp³-hybridized carbons (Fsp3) is 1.00. The fourth-order valence-electron chi connectivity index (χ4n) is 1.23. The van der Waals surface area contributed by atoms with Gasteiger partial charge in [-0.3, -0.25) is 0 Å². The van der Waals surface area contributed by atoms with Crippen LogP contribution >= 0.6 is 22.6 Å². The topological polar surface area (TPSA) is 37.4 Å².